The van der Waals surface area contributed by atoms with Crippen molar-refractivity contribution in [2.24, 2.45) is 0 Å². The molecule has 16 heavy (non-hydrogen) atoms. The molecule has 0 aromatic carbocycles. The second-order valence-corrected chi connectivity index (χ2v) is 4.94. The van der Waals surface area contributed by atoms with Gasteiger partial charge in [0, 0.05) is 18.4 Å². The number of hydrogen-bond donors (Lipinski definition) is 2. The minimum atomic E-state index is -3.65. The third kappa shape index (κ3) is 3.59. The normalized spacial score (nSPS) is 11.3. The monoisotopic (exact) mass is 244 g/mol. The molecule has 0 aliphatic heterocycles. The Morgan fingerprint density at radius 3 is 2.69 bits per heavy atom. The molecule has 0 saturated heterocycles. The Hall–Kier alpha value is -1.47. The molecular weight excluding hydrogens is 232 g/mol. The van der Waals surface area contributed by atoms with Crippen molar-refractivity contribution in [2.45, 2.75) is 18.2 Å². The maximum absolute atomic E-state index is 11.6. The molecule has 1 heterocycles. The molecule has 0 unspecified atom stereocenters. The highest BCUT2D eigenvalue weighted by molar-refractivity contribution is 7.89. The van der Waals surface area contributed by atoms with E-state index in [9.17, 15) is 13.2 Å². The summed E-state index contributed by atoms with van der Waals surface area (Å²) >= 11 is 0. The number of carboxylic acids is 1. The molecule has 0 aliphatic rings. The highest BCUT2D eigenvalue weighted by Gasteiger charge is 2.13. The molecule has 0 amide bonds. The lowest BCUT2D eigenvalue weighted by Gasteiger charge is -2.04. The van der Waals surface area contributed by atoms with Crippen LogP contribution in [0.25, 0.3) is 0 Å². The Kier molecular flexibility index (Phi) is 3.97. The number of aliphatic carboxylic acids is 1. The van der Waals surface area contributed by atoms with E-state index in [2.05, 4.69) is 9.71 Å². The first kappa shape index (κ1) is 12.6. The van der Waals surface area contributed by atoms with Crippen molar-refractivity contribution in [1.29, 1.82) is 0 Å². The Morgan fingerprint density at radius 2 is 2.19 bits per heavy atom. The summed E-state index contributed by atoms with van der Waals surface area (Å²) < 4.78 is 25.3. The van der Waals surface area contributed by atoms with Crippen LogP contribution in [0.2, 0.25) is 0 Å². The largest absolute Gasteiger partial charge is 0.481 e. The van der Waals surface area contributed by atoms with Gasteiger partial charge in [0.05, 0.1) is 6.42 Å². The van der Waals surface area contributed by atoms with Gasteiger partial charge in [-0.25, -0.2) is 13.1 Å². The molecule has 1 aromatic heterocycles. The Morgan fingerprint density at radius 1 is 1.50 bits per heavy atom. The van der Waals surface area contributed by atoms with E-state index in [4.69, 9.17) is 5.11 Å². The number of pyridine rings is 1. The topological polar surface area (TPSA) is 96.4 Å². The molecular formula is C9H12N2O4S. The number of nitrogens with one attached hydrogen (secondary N) is 1. The number of hydrogen-bond acceptors (Lipinski definition) is 4. The predicted molar refractivity (Wildman–Crippen MR) is 56.4 cm³/mol. The summed E-state index contributed by atoms with van der Waals surface area (Å²) in [6.45, 7) is 1.61. The van der Waals surface area contributed by atoms with Gasteiger partial charge in [-0.1, -0.05) is 0 Å². The van der Waals surface area contributed by atoms with Gasteiger partial charge in [0.25, 0.3) is 0 Å². The molecule has 2 N–H and O–H groups in total. The van der Waals surface area contributed by atoms with Gasteiger partial charge in [-0.3, -0.25) is 9.78 Å². The average molecular weight is 244 g/mol. The fraction of sp³-hybridized carbons (Fsp3) is 0.333. The Labute approximate surface area is 93.4 Å². The SMILES string of the molecule is Cc1ccc(S(=O)(=O)NCCC(=O)O)cn1. The Balaban J connectivity index is 2.71. The zero-order valence-corrected chi connectivity index (χ0v) is 9.49. The van der Waals surface area contributed by atoms with Crippen LogP contribution in [0.1, 0.15) is 12.1 Å². The lowest BCUT2D eigenvalue weighted by atomic mass is 10.4. The molecule has 0 fully saturated rings. The standard InChI is InChI=1S/C9H12N2O4S/c1-7-2-3-8(6-10-7)16(14,15)11-5-4-9(12)13/h2-3,6,11H,4-5H2,1H3,(H,12,13). The van der Waals surface area contributed by atoms with Crippen molar-refractivity contribution in [2.75, 3.05) is 6.54 Å². The third-order valence-corrected chi connectivity index (χ3v) is 3.27. The summed E-state index contributed by atoms with van der Waals surface area (Å²) in [6.07, 6.45) is 0.983. The summed E-state index contributed by atoms with van der Waals surface area (Å²) in [5.74, 6) is -1.05. The molecule has 0 saturated carbocycles. The minimum Gasteiger partial charge on any atom is -0.481 e. The zero-order chi connectivity index (χ0) is 12.2. The van der Waals surface area contributed by atoms with Crippen LogP contribution in [-0.2, 0) is 14.8 Å². The summed E-state index contributed by atoms with van der Waals surface area (Å²) in [5.41, 5.74) is 0.712. The molecule has 1 aromatic rings. The average Bonchev–Trinajstić information content (AvgIpc) is 2.17. The predicted octanol–water partition coefficient (Wildman–Crippen LogP) is 0.143. The number of carbonyl (C=O) groups is 1. The van der Waals surface area contributed by atoms with Gasteiger partial charge >= 0.3 is 5.97 Å². The van der Waals surface area contributed by atoms with E-state index in [1.807, 2.05) is 0 Å². The van der Waals surface area contributed by atoms with Gasteiger partial charge in [0.1, 0.15) is 4.90 Å². The maximum atomic E-state index is 11.6. The van der Waals surface area contributed by atoms with Crippen LogP contribution in [0.15, 0.2) is 23.2 Å². The van der Waals surface area contributed by atoms with Gasteiger partial charge in [0.2, 0.25) is 10.0 Å². The summed E-state index contributed by atoms with van der Waals surface area (Å²) in [7, 11) is -3.65. The van der Waals surface area contributed by atoms with E-state index in [-0.39, 0.29) is 17.9 Å². The van der Waals surface area contributed by atoms with Crippen molar-refractivity contribution in [3.05, 3.63) is 24.0 Å². The van der Waals surface area contributed by atoms with Gasteiger partial charge in [-0.15, -0.1) is 0 Å². The van der Waals surface area contributed by atoms with E-state index in [0.29, 0.717) is 5.69 Å². The molecule has 0 spiro atoms. The van der Waals surface area contributed by atoms with Crippen molar-refractivity contribution < 1.29 is 18.3 Å². The quantitative estimate of drug-likeness (QED) is 0.768. The van der Waals surface area contributed by atoms with Crippen molar-refractivity contribution >= 4 is 16.0 Å². The lowest BCUT2D eigenvalue weighted by Crippen LogP contribution is -2.26. The highest BCUT2D eigenvalue weighted by atomic mass is 32.2. The van der Waals surface area contributed by atoms with Crippen LogP contribution in [0.3, 0.4) is 0 Å². The van der Waals surface area contributed by atoms with Crippen LogP contribution < -0.4 is 4.72 Å². The summed E-state index contributed by atoms with van der Waals surface area (Å²) in [5, 5.41) is 8.37. The van der Waals surface area contributed by atoms with Gasteiger partial charge in [0.15, 0.2) is 0 Å². The zero-order valence-electron chi connectivity index (χ0n) is 8.67. The lowest BCUT2D eigenvalue weighted by molar-refractivity contribution is -0.136. The van der Waals surface area contributed by atoms with Crippen LogP contribution in [0, 0.1) is 6.92 Å². The fourth-order valence-electron chi connectivity index (χ4n) is 0.989. The van der Waals surface area contributed by atoms with E-state index in [0.717, 1.165) is 0 Å². The fourth-order valence-corrected chi connectivity index (χ4v) is 1.96. The molecule has 1 rings (SSSR count). The Bertz CT molecular complexity index is 467. The molecule has 0 atom stereocenters. The van der Waals surface area contributed by atoms with E-state index in [1.165, 1.54) is 12.3 Å². The minimum absolute atomic E-state index is 0.0310. The third-order valence-electron chi connectivity index (χ3n) is 1.83. The van der Waals surface area contributed by atoms with Crippen LogP contribution in [-0.4, -0.2) is 31.0 Å². The molecule has 88 valence electrons. The maximum Gasteiger partial charge on any atom is 0.304 e. The van der Waals surface area contributed by atoms with Gasteiger partial charge in [-0.05, 0) is 19.1 Å². The number of aryl methyl sites for hydroxylation is 1. The molecule has 0 radical (unpaired) electrons. The molecule has 0 bridgehead atoms. The van der Waals surface area contributed by atoms with E-state index in [1.54, 1.807) is 13.0 Å². The molecule has 7 heteroatoms. The van der Waals surface area contributed by atoms with E-state index >= 15 is 0 Å². The van der Waals surface area contributed by atoms with Crippen molar-refractivity contribution in [3.63, 3.8) is 0 Å². The number of rotatable bonds is 5. The van der Waals surface area contributed by atoms with Crippen LogP contribution >= 0.6 is 0 Å². The van der Waals surface area contributed by atoms with Crippen LogP contribution in [0.4, 0.5) is 0 Å². The smallest absolute Gasteiger partial charge is 0.304 e. The van der Waals surface area contributed by atoms with E-state index < -0.39 is 16.0 Å². The summed E-state index contributed by atoms with van der Waals surface area (Å²) in [4.78, 5) is 14.1. The highest BCUT2D eigenvalue weighted by Crippen LogP contribution is 2.06. The first-order valence-electron chi connectivity index (χ1n) is 4.56. The molecule has 0 aliphatic carbocycles. The van der Waals surface area contributed by atoms with Crippen molar-refractivity contribution in [1.82, 2.24) is 9.71 Å². The number of aromatic nitrogens is 1. The first-order valence-corrected chi connectivity index (χ1v) is 6.04. The second kappa shape index (κ2) is 5.04. The van der Waals surface area contributed by atoms with Gasteiger partial charge < -0.3 is 5.11 Å². The van der Waals surface area contributed by atoms with Crippen molar-refractivity contribution in [3.8, 4) is 0 Å². The van der Waals surface area contributed by atoms with Crippen LogP contribution in [0.5, 0.6) is 0 Å². The number of nitrogens with zero attached hydrogens (tertiary/aromatic N) is 1. The number of carboxylic acid groups (broad SMARTS) is 1. The van der Waals surface area contributed by atoms with Gasteiger partial charge in [-0.2, -0.15) is 0 Å². The number of sulfonamides is 1. The first-order chi connectivity index (χ1) is 7.42. The second-order valence-electron chi connectivity index (χ2n) is 3.18. The summed E-state index contributed by atoms with van der Waals surface area (Å²) in [6, 6.07) is 3.00. The molecule has 6 nitrogen and oxygen atoms in total.